The number of nitrogens with one attached hydrogen (secondary N) is 2. The second-order valence-corrected chi connectivity index (χ2v) is 10.7. The minimum Gasteiger partial charge on any atom is -0.380 e. The molecule has 1 aliphatic rings. The molecular formula is C25H35BrN4O2. The third-order valence-electron chi connectivity index (χ3n) is 7.83. The summed E-state index contributed by atoms with van der Waals surface area (Å²) in [5.41, 5.74) is 2.82. The summed E-state index contributed by atoms with van der Waals surface area (Å²) in [4.78, 5) is 25.2. The number of nitrogens with zero attached hydrogens (tertiary/aromatic N) is 2. The first-order chi connectivity index (χ1) is 15.0. The maximum absolute atomic E-state index is 12.8. The van der Waals surface area contributed by atoms with Gasteiger partial charge in [-0.2, -0.15) is 5.10 Å². The molecule has 32 heavy (non-hydrogen) atoms. The van der Waals surface area contributed by atoms with Crippen LogP contribution < -0.4 is 16.2 Å². The number of anilines is 1. The molecule has 0 spiro atoms. The van der Waals surface area contributed by atoms with Crippen molar-refractivity contribution in [3.8, 4) is 0 Å². The van der Waals surface area contributed by atoms with Gasteiger partial charge in [-0.25, -0.2) is 4.68 Å². The number of rotatable bonds is 6. The van der Waals surface area contributed by atoms with E-state index in [-0.39, 0.29) is 29.5 Å². The van der Waals surface area contributed by atoms with Crippen molar-refractivity contribution in [2.24, 2.45) is 23.2 Å². The van der Waals surface area contributed by atoms with Crippen LogP contribution >= 0.6 is 15.9 Å². The highest BCUT2D eigenvalue weighted by atomic mass is 79.9. The van der Waals surface area contributed by atoms with Crippen molar-refractivity contribution in [1.29, 1.82) is 0 Å². The van der Waals surface area contributed by atoms with Gasteiger partial charge in [0, 0.05) is 12.6 Å². The van der Waals surface area contributed by atoms with Crippen molar-refractivity contribution in [3.63, 3.8) is 0 Å². The van der Waals surface area contributed by atoms with Crippen LogP contribution in [0.1, 0.15) is 52.2 Å². The average Bonchev–Trinajstić information content (AvgIpc) is 2.75. The summed E-state index contributed by atoms with van der Waals surface area (Å²) in [5, 5.41) is 10.7. The SMILES string of the molecule is Cc1ccccc1CNC(=O)Cn1ncc(N[C@@H]2C[C@H](C)C(C)(C)[C@H](C)[C@H]2C)c(Br)c1=O. The van der Waals surface area contributed by atoms with Gasteiger partial charge in [-0.3, -0.25) is 9.59 Å². The molecule has 0 aliphatic heterocycles. The molecule has 1 saturated carbocycles. The molecule has 0 radical (unpaired) electrons. The number of aromatic nitrogens is 2. The van der Waals surface area contributed by atoms with E-state index in [1.165, 1.54) is 4.68 Å². The van der Waals surface area contributed by atoms with E-state index < -0.39 is 0 Å². The lowest BCUT2D eigenvalue weighted by atomic mass is 9.58. The van der Waals surface area contributed by atoms with E-state index >= 15 is 0 Å². The monoisotopic (exact) mass is 502 g/mol. The Morgan fingerprint density at radius 1 is 1.25 bits per heavy atom. The number of hydrogen-bond donors (Lipinski definition) is 2. The zero-order valence-corrected chi connectivity index (χ0v) is 21.5. The maximum atomic E-state index is 12.8. The van der Waals surface area contributed by atoms with Crippen LogP contribution in [0.4, 0.5) is 5.69 Å². The summed E-state index contributed by atoms with van der Waals surface area (Å²) in [6, 6.07) is 8.16. The molecule has 0 bridgehead atoms. The summed E-state index contributed by atoms with van der Waals surface area (Å²) in [5.74, 6) is 1.33. The zero-order chi connectivity index (χ0) is 23.6. The van der Waals surface area contributed by atoms with Gasteiger partial charge in [-0.05, 0) is 63.6 Å². The van der Waals surface area contributed by atoms with Crippen molar-refractivity contribution in [2.45, 2.75) is 67.1 Å². The second-order valence-electron chi connectivity index (χ2n) is 9.89. The molecule has 1 fully saturated rings. The van der Waals surface area contributed by atoms with Crippen LogP contribution in [0.5, 0.6) is 0 Å². The highest BCUT2D eigenvalue weighted by molar-refractivity contribution is 9.10. The van der Waals surface area contributed by atoms with Crippen LogP contribution in [-0.2, 0) is 17.9 Å². The predicted molar refractivity (Wildman–Crippen MR) is 133 cm³/mol. The quantitative estimate of drug-likeness (QED) is 0.597. The first-order valence-electron chi connectivity index (χ1n) is 11.4. The fourth-order valence-electron chi connectivity index (χ4n) is 4.64. The largest absolute Gasteiger partial charge is 0.380 e. The third-order valence-corrected chi connectivity index (χ3v) is 8.60. The average molecular weight is 503 g/mol. The molecule has 6 nitrogen and oxygen atoms in total. The maximum Gasteiger partial charge on any atom is 0.283 e. The molecular weight excluding hydrogens is 468 g/mol. The van der Waals surface area contributed by atoms with E-state index in [1.54, 1.807) is 6.20 Å². The summed E-state index contributed by atoms with van der Waals surface area (Å²) in [6.45, 7) is 13.9. The van der Waals surface area contributed by atoms with Gasteiger partial charge in [0.1, 0.15) is 11.0 Å². The van der Waals surface area contributed by atoms with Gasteiger partial charge in [-0.1, -0.05) is 58.9 Å². The zero-order valence-electron chi connectivity index (χ0n) is 19.9. The number of hydrogen-bond acceptors (Lipinski definition) is 4. The summed E-state index contributed by atoms with van der Waals surface area (Å²) >= 11 is 3.44. The predicted octanol–water partition coefficient (Wildman–Crippen LogP) is 4.75. The lowest BCUT2D eigenvalue weighted by Crippen LogP contribution is -2.48. The number of carbonyl (C=O) groups excluding carboxylic acids is 1. The topological polar surface area (TPSA) is 76.0 Å². The van der Waals surface area contributed by atoms with E-state index in [1.807, 2.05) is 31.2 Å². The summed E-state index contributed by atoms with van der Waals surface area (Å²) in [6.07, 6.45) is 2.68. The molecule has 1 heterocycles. The van der Waals surface area contributed by atoms with E-state index in [0.717, 1.165) is 17.5 Å². The van der Waals surface area contributed by atoms with Crippen LogP contribution in [0, 0.1) is 30.1 Å². The van der Waals surface area contributed by atoms with Crippen LogP contribution in [0.25, 0.3) is 0 Å². The van der Waals surface area contributed by atoms with Crippen molar-refractivity contribution < 1.29 is 4.79 Å². The fourth-order valence-corrected chi connectivity index (χ4v) is 5.06. The third kappa shape index (κ3) is 5.08. The Bertz CT molecular complexity index is 1030. The number of aryl methyl sites for hydroxylation is 1. The minimum absolute atomic E-state index is 0.119. The van der Waals surface area contributed by atoms with Crippen molar-refractivity contribution >= 4 is 27.5 Å². The molecule has 7 heteroatoms. The van der Waals surface area contributed by atoms with Crippen LogP contribution in [0.3, 0.4) is 0 Å². The number of benzene rings is 1. The van der Waals surface area contributed by atoms with Gasteiger partial charge in [0.15, 0.2) is 0 Å². The summed E-state index contributed by atoms with van der Waals surface area (Å²) < 4.78 is 1.61. The molecule has 1 amide bonds. The molecule has 2 N–H and O–H groups in total. The van der Waals surface area contributed by atoms with Gasteiger partial charge < -0.3 is 10.6 Å². The standard InChI is InChI=1S/C25H35BrN4O2/c1-15-9-7-8-10-19(15)12-27-22(31)14-30-24(32)23(26)21(13-28-30)29-20-11-16(2)25(5,6)18(4)17(20)3/h7-10,13,16-18,20,29H,11-12,14H2,1-6H3,(H,27,31)/t16-,17+,18+,20+/m0/s1. The molecule has 0 saturated heterocycles. The van der Waals surface area contributed by atoms with Crippen LogP contribution in [-0.4, -0.2) is 21.7 Å². The molecule has 4 atom stereocenters. The van der Waals surface area contributed by atoms with Crippen molar-refractivity contribution in [2.75, 3.05) is 5.32 Å². The normalized spacial score (nSPS) is 24.7. The number of carbonyl (C=O) groups is 1. The first-order valence-corrected chi connectivity index (χ1v) is 12.1. The van der Waals surface area contributed by atoms with Gasteiger partial charge >= 0.3 is 0 Å². The minimum atomic E-state index is -0.314. The van der Waals surface area contributed by atoms with Crippen LogP contribution in [0.2, 0.25) is 0 Å². The lowest BCUT2D eigenvalue weighted by molar-refractivity contribution is -0.122. The number of halogens is 1. The molecule has 1 aliphatic carbocycles. The fraction of sp³-hybridized carbons (Fsp3) is 0.560. The van der Waals surface area contributed by atoms with E-state index in [4.69, 9.17) is 0 Å². The summed E-state index contributed by atoms with van der Waals surface area (Å²) in [7, 11) is 0. The second kappa shape index (κ2) is 9.77. The molecule has 2 aromatic rings. The van der Waals surface area contributed by atoms with Crippen LogP contribution in [0.15, 0.2) is 39.7 Å². The Labute approximate surface area is 199 Å². The van der Waals surface area contributed by atoms with Gasteiger partial charge in [0.05, 0.1) is 11.9 Å². The van der Waals surface area contributed by atoms with Crippen molar-refractivity contribution in [3.05, 3.63) is 56.4 Å². The van der Waals surface area contributed by atoms with Gasteiger partial charge in [-0.15, -0.1) is 0 Å². The highest BCUT2D eigenvalue weighted by Gasteiger charge is 2.43. The van der Waals surface area contributed by atoms with Gasteiger partial charge in [0.25, 0.3) is 5.56 Å². The Kier molecular flexibility index (Phi) is 7.48. The molecule has 1 aromatic carbocycles. The Hall–Kier alpha value is -2.15. The molecule has 3 rings (SSSR count). The Morgan fingerprint density at radius 3 is 2.62 bits per heavy atom. The molecule has 0 unspecified atom stereocenters. The molecule has 1 aromatic heterocycles. The first kappa shape index (κ1) is 24.5. The van der Waals surface area contributed by atoms with Gasteiger partial charge in [0.2, 0.25) is 5.91 Å². The van der Waals surface area contributed by atoms with E-state index in [2.05, 4.69) is 66.3 Å². The Morgan fingerprint density at radius 2 is 1.94 bits per heavy atom. The lowest BCUT2D eigenvalue weighted by Gasteiger charge is -2.50. The number of amides is 1. The Balaban J connectivity index is 1.67. The van der Waals surface area contributed by atoms with E-state index in [9.17, 15) is 9.59 Å². The highest BCUT2D eigenvalue weighted by Crippen LogP contribution is 2.48. The smallest absolute Gasteiger partial charge is 0.283 e. The van der Waals surface area contributed by atoms with E-state index in [0.29, 0.717) is 34.5 Å². The van der Waals surface area contributed by atoms with Crippen molar-refractivity contribution in [1.82, 2.24) is 15.1 Å². The molecule has 174 valence electrons.